The number of anilines is 2. The molecule has 4 amide bonds. The van der Waals surface area contributed by atoms with Gasteiger partial charge in [-0.15, -0.1) is 0 Å². The average molecular weight is 495 g/mol. The summed E-state index contributed by atoms with van der Waals surface area (Å²) < 4.78 is 0. The van der Waals surface area contributed by atoms with E-state index in [4.69, 9.17) is 11.6 Å². The van der Waals surface area contributed by atoms with E-state index >= 15 is 0 Å². The summed E-state index contributed by atoms with van der Waals surface area (Å²) in [5, 5.41) is 5.82. The van der Waals surface area contributed by atoms with Crippen molar-refractivity contribution < 1.29 is 14.4 Å². The molecule has 2 heterocycles. The van der Waals surface area contributed by atoms with Crippen LogP contribution in [0.3, 0.4) is 0 Å². The van der Waals surface area contributed by atoms with Gasteiger partial charge in [-0.25, -0.2) is 9.69 Å². The summed E-state index contributed by atoms with van der Waals surface area (Å²) in [5.41, 5.74) is 4.06. The fourth-order valence-corrected chi connectivity index (χ4v) is 5.13. The second kappa shape index (κ2) is 9.74. The van der Waals surface area contributed by atoms with Crippen LogP contribution in [0.25, 0.3) is 6.08 Å². The monoisotopic (exact) mass is 494 g/mol. The minimum atomic E-state index is -0.616. The van der Waals surface area contributed by atoms with E-state index in [1.54, 1.807) is 30.3 Å². The second-order valence-corrected chi connectivity index (χ2v) is 10.3. The molecular weight excluding hydrogens is 464 g/mol. The van der Waals surface area contributed by atoms with Gasteiger partial charge in [-0.3, -0.25) is 9.59 Å². The van der Waals surface area contributed by atoms with Crippen molar-refractivity contribution in [1.29, 1.82) is 0 Å². The Kier molecular flexibility index (Phi) is 6.90. The van der Waals surface area contributed by atoms with Gasteiger partial charge >= 0.3 is 6.03 Å². The number of rotatable bonds is 6. The van der Waals surface area contributed by atoms with Crippen LogP contribution in [-0.4, -0.2) is 41.4 Å². The van der Waals surface area contributed by atoms with E-state index in [-0.39, 0.29) is 17.8 Å². The zero-order valence-corrected chi connectivity index (χ0v) is 21.3. The molecule has 1 atom stereocenters. The molecule has 2 aromatic carbocycles. The third-order valence-electron chi connectivity index (χ3n) is 6.56. The molecule has 0 spiro atoms. The molecule has 184 valence electrons. The number of benzene rings is 2. The molecule has 8 heteroatoms. The van der Waals surface area contributed by atoms with E-state index in [1.807, 2.05) is 6.07 Å². The predicted octanol–water partition coefficient (Wildman–Crippen LogP) is 5.37. The van der Waals surface area contributed by atoms with E-state index in [0.717, 1.165) is 29.8 Å². The van der Waals surface area contributed by atoms with Crippen molar-refractivity contribution in [3.8, 4) is 0 Å². The van der Waals surface area contributed by atoms with Crippen LogP contribution >= 0.6 is 11.6 Å². The highest BCUT2D eigenvalue weighted by Crippen LogP contribution is 2.43. The quantitative estimate of drug-likeness (QED) is 0.417. The molecule has 7 nitrogen and oxygen atoms in total. The number of nitrogens with zero attached hydrogens (tertiary/aromatic N) is 2. The van der Waals surface area contributed by atoms with Crippen molar-refractivity contribution in [2.75, 3.05) is 23.3 Å². The molecule has 4 rings (SSSR count). The van der Waals surface area contributed by atoms with Crippen molar-refractivity contribution in [3.05, 3.63) is 64.3 Å². The molecule has 1 unspecified atom stereocenters. The highest BCUT2D eigenvalue weighted by atomic mass is 35.5. The predicted molar refractivity (Wildman–Crippen MR) is 139 cm³/mol. The number of carbonyl (C=O) groups excluding carboxylic acids is 3. The van der Waals surface area contributed by atoms with Crippen LogP contribution in [0, 0.1) is 0 Å². The molecule has 35 heavy (non-hydrogen) atoms. The lowest BCUT2D eigenvalue weighted by Gasteiger charge is -2.47. The molecule has 0 aromatic heterocycles. The van der Waals surface area contributed by atoms with Gasteiger partial charge in [0.25, 0.3) is 5.91 Å². The lowest BCUT2D eigenvalue weighted by Crippen LogP contribution is -2.48. The molecule has 0 aliphatic carbocycles. The Balaban J connectivity index is 1.51. The van der Waals surface area contributed by atoms with Crippen molar-refractivity contribution in [3.63, 3.8) is 0 Å². The lowest BCUT2D eigenvalue weighted by atomic mass is 9.79. The number of hydrogen-bond acceptors (Lipinski definition) is 4. The van der Waals surface area contributed by atoms with Crippen molar-refractivity contribution in [1.82, 2.24) is 10.2 Å². The van der Waals surface area contributed by atoms with Crippen LogP contribution in [0.5, 0.6) is 0 Å². The normalized spacial score (nSPS) is 20.1. The Bertz CT molecular complexity index is 1190. The third-order valence-corrected chi connectivity index (χ3v) is 6.81. The van der Waals surface area contributed by atoms with Gasteiger partial charge in [0.05, 0.1) is 0 Å². The Labute approximate surface area is 211 Å². The maximum Gasteiger partial charge on any atom is 0.329 e. The fourth-order valence-electron chi connectivity index (χ4n) is 5.00. The number of halogens is 1. The lowest BCUT2D eigenvalue weighted by molar-refractivity contribution is -0.127. The SMILES string of the molecule is CCCN1c2ccc(/C=C3/NC(=O)N(CC(=O)Nc4ccc(Cl)cc4)C3=O)cc2C(C)CC1(C)C. The van der Waals surface area contributed by atoms with Crippen molar-refractivity contribution in [2.24, 2.45) is 0 Å². The Hall–Kier alpha value is -3.32. The van der Waals surface area contributed by atoms with Crippen LogP contribution in [0.1, 0.15) is 57.6 Å². The van der Waals surface area contributed by atoms with E-state index < -0.39 is 17.8 Å². The van der Waals surface area contributed by atoms with Gasteiger partial charge in [0.15, 0.2) is 0 Å². The Morgan fingerprint density at radius 3 is 2.60 bits per heavy atom. The summed E-state index contributed by atoms with van der Waals surface area (Å²) in [6.45, 7) is 9.57. The summed E-state index contributed by atoms with van der Waals surface area (Å²) >= 11 is 5.86. The van der Waals surface area contributed by atoms with E-state index in [0.29, 0.717) is 16.6 Å². The first-order chi connectivity index (χ1) is 16.6. The standard InChI is InChI=1S/C27H31ClN4O3/c1-5-12-32-23-11-6-18(13-21(23)17(2)15-27(32,3)4)14-22-25(34)31(26(35)30-22)16-24(33)29-20-9-7-19(28)8-10-20/h6-11,13-14,17H,5,12,15-16H2,1-4H3,(H,29,33)(H,30,35)/b22-14+. The zero-order valence-electron chi connectivity index (χ0n) is 20.5. The number of imide groups is 1. The summed E-state index contributed by atoms with van der Waals surface area (Å²) in [6.07, 6.45) is 3.77. The molecule has 0 saturated carbocycles. The number of hydrogen-bond donors (Lipinski definition) is 2. The van der Waals surface area contributed by atoms with Gasteiger partial charge < -0.3 is 15.5 Å². The van der Waals surface area contributed by atoms with Crippen LogP contribution < -0.4 is 15.5 Å². The van der Waals surface area contributed by atoms with Crippen LogP contribution in [0.15, 0.2) is 48.2 Å². The summed E-state index contributed by atoms with van der Waals surface area (Å²) in [6, 6.07) is 12.1. The fraction of sp³-hybridized carbons (Fsp3) is 0.370. The topological polar surface area (TPSA) is 81.8 Å². The van der Waals surface area contributed by atoms with Gasteiger partial charge in [-0.2, -0.15) is 0 Å². The third kappa shape index (κ3) is 5.20. The zero-order chi connectivity index (χ0) is 25.3. The summed E-state index contributed by atoms with van der Waals surface area (Å²) in [5.74, 6) is -0.632. The molecule has 1 fully saturated rings. The average Bonchev–Trinajstić information content (AvgIpc) is 3.05. The minimum Gasteiger partial charge on any atom is -0.366 e. The molecule has 0 bridgehead atoms. The van der Waals surface area contributed by atoms with E-state index in [2.05, 4.69) is 55.4 Å². The smallest absolute Gasteiger partial charge is 0.329 e. The molecule has 0 radical (unpaired) electrons. The Morgan fingerprint density at radius 1 is 1.20 bits per heavy atom. The van der Waals surface area contributed by atoms with Crippen LogP contribution in [-0.2, 0) is 9.59 Å². The number of fused-ring (bicyclic) bond motifs is 1. The van der Waals surface area contributed by atoms with E-state index in [9.17, 15) is 14.4 Å². The highest BCUT2D eigenvalue weighted by molar-refractivity contribution is 6.30. The van der Waals surface area contributed by atoms with Gasteiger partial charge in [0.2, 0.25) is 5.91 Å². The number of urea groups is 1. The molecule has 2 aliphatic heterocycles. The first kappa shape index (κ1) is 24.8. The molecule has 1 saturated heterocycles. The van der Waals surface area contributed by atoms with Crippen molar-refractivity contribution >= 4 is 46.9 Å². The highest BCUT2D eigenvalue weighted by Gasteiger charge is 2.37. The molecule has 2 aliphatic rings. The van der Waals surface area contributed by atoms with Crippen molar-refractivity contribution in [2.45, 2.75) is 52.0 Å². The molecule has 2 N–H and O–H groups in total. The van der Waals surface area contributed by atoms with E-state index in [1.165, 1.54) is 11.3 Å². The molecular formula is C27H31ClN4O3. The number of amides is 4. The first-order valence-corrected chi connectivity index (χ1v) is 12.3. The van der Waals surface area contributed by atoms with Crippen LogP contribution in [0.4, 0.5) is 16.2 Å². The maximum atomic E-state index is 12.9. The summed E-state index contributed by atoms with van der Waals surface area (Å²) in [4.78, 5) is 41.1. The largest absolute Gasteiger partial charge is 0.366 e. The van der Waals surface area contributed by atoms with Gasteiger partial charge in [-0.05, 0) is 86.2 Å². The van der Waals surface area contributed by atoms with Crippen LogP contribution in [0.2, 0.25) is 5.02 Å². The number of carbonyl (C=O) groups is 3. The van der Waals surface area contributed by atoms with Gasteiger partial charge in [0.1, 0.15) is 12.2 Å². The Morgan fingerprint density at radius 2 is 1.91 bits per heavy atom. The number of nitrogens with one attached hydrogen (secondary N) is 2. The second-order valence-electron chi connectivity index (χ2n) is 9.82. The van der Waals surface area contributed by atoms with Gasteiger partial charge in [-0.1, -0.05) is 31.5 Å². The molecule has 2 aromatic rings. The minimum absolute atomic E-state index is 0.0743. The first-order valence-electron chi connectivity index (χ1n) is 11.9. The summed E-state index contributed by atoms with van der Waals surface area (Å²) in [7, 11) is 0. The van der Waals surface area contributed by atoms with Gasteiger partial charge in [0, 0.05) is 28.5 Å². The maximum absolute atomic E-state index is 12.9.